The maximum atomic E-state index is 12.8. The van der Waals surface area contributed by atoms with Gasteiger partial charge in [-0.2, -0.15) is 0 Å². The number of hydrogen-bond donors (Lipinski definition) is 2. The molecule has 1 unspecified atom stereocenters. The first-order valence-corrected chi connectivity index (χ1v) is 12.1. The number of benzene rings is 1. The van der Waals surface area contributed by atoms with E-state index in [-0.39, 0.29) is 29.5 Å². The number of ether oxygens (including phenoxy) is 1. The fourth-order valence-corrected chi connectivity index (χ4v) is 5.47. The van der Waals surface area contributed by atoms with E-state index >= 15 is 0 Å². The van der Waals surface area contributed by atoms with Gasteiger partial charge in [-0.1, -0.05) is 37.5 Å². The van der Waals surface area contributed by atoms with Gasteiger partial charge in [0.05, 0.1) is 0 Å². The second-order valence-electron chi connectivity index (χ2n) is 9.92. The van der Waals surface area contributed by atoms with Crippen molar-refractivity contribution in [3.05, 3.63) is 29.8 Å². The average molecular weight is 428 g/mol. The Morgan fingerprint density at radius 1 is 1.13 bits per heavy atom. The van der Waals surface area contributed by atoms with E-state index in [0.29, 0.717) is 25.6 Å². The van der Waals surface area contributed by atoms with Crippen LogP contribution in [0, 0.1) is 0 Å². The van der Waals surface area contributed by atoms with E-state index in [0.717, 1.165) is 43.4 Å². The second kappa shape index (κ2) is 9.49. The Balaban J connectivity index is 1.40. The van der Waals surface area contributed by atoms with Crippen LogP contribution < -0.4 is 15.4 Å². The molecule has 2 aliphatic heterocycles. The summed E-state index contributed by atoms with van der Waals surface area (Å²) in [4.78, 5) is 27.2. The number of urea groups is 1. The molecular formula is C25H37N3O3. The zero-order valence-electron chi connectivity index (χ0n) is 19.0. The molecule has 170 valence electrons. The first kappa shape index (κ1) is 22.0. The zero-order valence-corrected chi connectivity index (χ0v) is 19.0. The Hall–Kier alpha value is -2.24. The molecule has 6 heteroatoms. The van der Waals surface area contributed by atoms with Crippen LogP contribution in [0.1, 0.15) is 83.1 Å². The third kappa shape index (κ3) is 5.34. The summed E-state index contributed by atoms with van der Waals surface area (Å²) in [5.74, 6) is 1.14. The van der Waals surface area contributed by atoms with Crippen molar-refractivity contribution in [2.75, 3.05) is 13.1 Å². The number of amides is 3. The Kier molecular flexibility index (Phi) is 6.73. The topological polar surface area (TPSA) is 70.7 Å². The molecule has 3 amide bonds. The van der Waals surface area contributed by atoms with Crippen LogP contribution in [0.25, 0.3) is 0 Å². The van der Waals surface area contributed by atoms with E-state index in [2.05, 4.69) is 16.7 Å². The van der Waals surface area contributed by atoms with Gasteiger partial charge < -0.3 is 20.3 Å². The molecule has 3 aliphatic rings. The molecule has 0 aromatic heterocycles. The monoisotopic (exact) mass is 427 g/mol. The largest absolute Gasteiger partial charge is 0.487 e. The fraction of sp³-hybridized carbons (Fsp3) is 0.680. The summed E-state index contributed by atoms with van der Waals surface area (Å²) in [5, 5.41) is 6.27. The number of nitrogens with zero attached hydrogens (tertiary/aromatic N) is 1. The normalized spacial score (nSPS) is 23.2. The molecule has 2 heterocycles. The molecule has 1 aliphatic carbocycles. The molecule has 1 saturated carbocycles. The van der Waals surface area contributed by atoms with Crippen LogP contribution >= 0.6 is 0 Å². The molecule has 1 spiro atoms. The van der Waals surface area contributed by atoms with Gasteiger partial charge in [0, 0.05) is 50.4 Å². The molecule has 2 fully saturated rings. The fourth-order valence-electron chi connectivity index (χ4n) is 5.47. The number of carbonyl (C=O) groups excluding carboxylic acids is 2. The maximum Gasteiger partial charge on any atom is 0.317 e. The summed E-state index contributed by atoms with van der Waals surface area (Å²) >= 11 is 0. The van der Waals surface area contributed by atoms with Crippen molar-refractivity contribution in [3.63, 3.8) is 0 Å². The highest BCUT2D eigenvalue weighted by Crippen LogP contribution is 2.46. The minimum atomic E-state index is -0.293. The summed E-state index contributed by atoms with van der Waals surface area (Å²) in [7, 11) is 0. The van der Waals surface area contributed by atoms with Crippen molar-refractivity contribution in [1.82, 2.24) is 15.5 Å². The number of fused-ring (bicyclic) bond motifs is 1. The van der Waals surface area contributed by atoms with Crippen molar-refractivity contribution in [1.29, 1.82) is 0 Å². The Morgan fingerprint density at radius 2 is 1.84 bits per heavy atom. The van der Waals surface area contributed by atoms with Gasteiger partial charge in [0.1, 0.15) is 11.4 Å². The van der Waals surface area contributed by atoms with Gasteiger partial charge in [0.15, 0.2) is 0 Å². The minimum Gasteiger partial charge on any atom is -0.487 e. The summed E-state index contributed by atoms with van der Waals surface area (Å²) < 4.78 is 6.54. The highest BCUT2D eigenvalue weighted by Gasteiger charge is 2.44. The number of carbonyl (C=O) groups is 2. The van der Waals surface area contributed by atoms with Crippen LogP contribution in [0.4, 0.5) is 4.79 Å². The summed E-state index contributed by atoms with van der Waals surface area (Å²) in [6.07, 6.45) is 8.84. The van der Waals surface area contributed by atoms with Gasteiger partial charge >= 0.3 is 6.03 Å². The molecule has 31 heavy (non-hydrogen) atoms. The van der Waals surface area contributed by atoms with E-state index < -0.39 is 0 Å². The van der Waals surface area contributed by atoms with Crippen LogP contribution in [0.3, 0.4) is 0 Å². The number of para-hydroxylation sites is 1. The lowest BCUT2D eigenvalue weighted by atomic mass is 9.76. The van der Waals surface area contributed by atoms with Crippen LogP contribution in [0.15, 0.2) is 24.3 Å². The van der Waals surface area contributed by atoms with E-state index in [4.69, 9.17) is 4.74 Å². The molecule has 1 saturated heterocycles. The van der Waals surface area contributed by atoms with Crippen LogP contribution in [-0.2, 0) is 4.79 Å². The molecule has 1 aromatic rings. The number of likely N-dealkylation sites (tertiary alicyclic amines) is 1. The standard InChI is InChI=1S/C25H37N3O3/c1-18(2)26-23(29)16-19-17-25(31-22-11-7-6-10-21(19)22)12-14-28(15-13-25)24(30)27-20-8-4-3-5-9-20/h6-7,10-11,18-20H,3-5,8-9,12-17H2,1-2H3,(H,26,29)(H,27,30). The Labute approximate surface area is 186 Å². The summed E-state index contributed by atoms with van der Waals surface area (Å²) in [6.45, 7) is 5.38. The van der Waals surface area contributed by atoms with Crippen LogP contribution in [-0.4, -0.2) is 47.6 Å². The number of hydrogen-bond acceptors (Lipinski definition) is 3. The van der Waals surface area contributed by atoms with E-state index in [1.54, 1.807) is 0 Å². The number of piperidine rings is 1. The lowest BCUT2D eigenvalue weighted by molar-refractivity contribution is -0.122. The van der Waals surface area contributed by atoms with E-state index in [9.17, 15) is 9.59 Å². The zero-order chi connectivity index (χ0) is 21.8. The molecule has 6 nitrogen and oxygen atoms in total. The average Bonchev–Trinajstić information content (AvgIpc) is 2.74. The SMILES string of the molecule is CC(C)NC(=O)CC1CC2(CCN(C(=O)NC3CCCCC3)CC2)Oc2ccccc21. The molecule has 1 aromatic carbocycles. The maximum absolute atomic E-state index is 12.8. The molecule has 1 atom stereocenters. The van der Waals surface area contributed by atoms with E-state index in [1.807, 2.05) is 36.9 Å². The molecule has 0 bridgehead atoms. The smallest absolute Gasteiger partial charge is 0.317 e. The van der Waals surface area contributed by atoms with Crippen molar-refractivity contribution in [3.8, 4) is 5.75 Å². The van der Waals surface area contributed by atoms with Gasteiger partial charge in [-0.15, -0.1) is 0 Å². The lowest BCUT2D eigenvalue weighted by Gasteiger charge is -2.47. The molecule has 4 rings (SSSR count). The van der Waals surface area contributed by atoms with Gasteiger partial charge in [-0.3, -0.25) is 4.79 Å². The summed E-state index contributed by atoms with van der Waals surface area (Å²) in [6, 6.07) is 8.67. The van der Waals surface area contributed by atoms with E-state index in [1.165, 1.54) is 19.3 Å². The quantitative estimate of drug-likeness (QED) is 0.751. The molecule has 0 radical (unpaired) electrons. The van der Waals surface area contributed by atoms with Gasteiger partial charge in [0.25, 0.3) is 0 Å². The molecule has 2 N–H and O–H groups in total. The predicted molar refractivity (Wildman–Crippen MR) is 121 cm³/mol. The first-order valence-electron chi connectivity index (χ1n) is 12.1. The van der Waals surface area contributed by atoms with Crippen LogP contribution in [0.5, 0.6) is 5.75 Å². The van der Waals surface area contributed by atoms with Gasteiger partial charge in [-0.05, 0) is 44.7 Å². The van der Waals surface area contributed by atoms with Crippen molar-refractivity contribution >= 4 is 11.9 Å². The highest BCUT2D eigenvalue weighted by atomic mass is 16.5. The third-order valence-electron chi connectivity index (χ3n) is 7.08. The van der Waals surface area contributed by atoms with Gasteiger partial charge in [-0.25, -0.2) is 4.79 Å². The molecular weight excluding hydrogens is 390 g/mol. The Bertz CT molecular complexity index is 780. The first-order chi connectivity index (χ1) is 14.9. The van der Waals surface area contributed by atoms with Gasteiger partial charge in [0.2, 0.25) is 5.91 Å². The predicted octanol–water partition coefficient (Wildman–Crippen LogP) is 4.34. The third-order valence-corrected chi connectivity index (χ3v) is 7.08. The minimum absolute atomic E-state index is 0.0748. The summed E-state index contributed by atoms with van der Waals surface area (Å²) in [5.41, 5.74) is 0.836. The van der Waals surface area contributed by atoms with Crippen molar-refractivity contribution in [2.45, 2.75) is 95.2 Å². The highest BCUT2D eigenvalue weighted by molar-refractivity contribution is 5.77. The lowest BCUT2D eigenvalue weighted by Crippen LogP contribution is -2.55. The number of rotatable bonds is 4. The van der Waals surface area contributed by atoms with Crippen molar-refractivity contribution < 1.29 is 14.3 Å². The number of nitrogens with one attached hydrogen (secondary N) is 2. The second-order valence-corrected chi connectivity index (χ2v) is 9.92. The Morgan fingerprint density at radius 3 is 2.55 bits per heavy atom. The van der Waals surface area contributed by atoms with Crippen LogP contribution in [0.2, 0.25) is 0 Å². The van der Waals surface area contributed by atoms with Crippen molar-refractivity contribution in [2.24, 2.45) is 0 Å².